The monoisotopic (exact) mass is 424 g/mol. The van der Waals surface area contributed by atoms with Gasteiger partial charge in [0.2, 0.25) is 0 Å². The summed E-state index contributed by atoms with van der Waals surface area (Å²) in [6, 6.07) is 20.2. The molecule has 0 aliphatic carbocycles. The molecule has 0 aromatic heterocycles. The largest absolute Gasteiger partial charge is 0.497 e. The van der Waals surface area contributed by atoms with E-state index in [2.05, 4.69) is 10.0 Å². The lowest BCUT2D eigenvalue weighted by Crippen LogP contribution is -2.28. The van der Waals surface area contributed by atoms with Gasteiger partial charge in [0.15, 0.2) is 0 Å². The maximum atomic E-state index is 12.9. The zero-order valence-electron chi connectivity index (χ0n) is 17.0. The minimum atomic E-state index is -3.82. The summed E-state index contributed by atoms with van der Waals surface area (Å²) in [5.74, 6) is 0.355. The van der Waals surface area contributed by atoms with Crippen molar-refractivity contribution in [1.29, 1.82) is 0 Å². The van der Waals surface area contributed by atoms with E-state index in [-0.39, 0.29) is 28.1 Å². The van der Waals surface area contributed by atoms with E-state index >= 15 is 0 Å². The van der Waals surface area contributed by atoms with E-state index in [0.717, 1.165) is 16.9 Å². The van der Waals surface area contributed by atoms with Gasteiger partial charge in [0.05, 0.1) is 29.3 Å². The van der Waals surface area contributed by atoms with Crippen molar-refractivity contribution < 1.29 is 17.9 Å². The summed E-state index contributed by atoms with van der Waals surface area (Å²) in [6.45, 7) is 3.74. The number of aryl methyl sites for hydroxylation is 1. The average Bonchev–Trinajstić information content (AvgIpc) is 2.74. The standard InChI is InChI=1S/C23H24N2O4S/c1-16-8-14-20(15-9-16)30(27,28)25-22-7-5-4-6-21(22)23(26)24-17(2)18-10-12-19(29-3)13-11-18/h4-15,17,25H,1-3H3,(H,24,26)/t17-/m0/s1. The van der Waals surface area contributed by atoms with Crippen LogP contribution in [0.3, 0.4) is 0 Å². The number of carbonyl (C=O) groups excluding carboxylic acids is 1. The molecule has 7 heteroatoms. The van der Waals surface area contributed by atoms with E-state index in [1.54, 1.807) is 43.5 Å². The molecule has 0 unspecified atom stereocenters. The number of para-hydroxylation sites is 1. The second-order valence-electron chi connectivity index (χ2n) is 6.93. The van der Waals surface area contributed by atoms with Gasteiger partial charge in [0.25, 0.3) is 15.9 Å². The van der Waals surface area contributed by atoms with Gasteiger partial charge in [-0.25, -0.2) is 8.42 Å². The highest BCUT2D eigenvalue weighted by Gasteiger charge is 2.19. The highest BCUT2D eigenvalue weighted by Crippen LogP contribution is 2.22. The fraction of sp³-hybridized carbons (Fsp3) is 0.174. The number of sulfonamides is 1. The molecule has 2 N–H and O–H groups in total. The first-order valence-electron chi connectivity index (χ1n) is 9.43. The van der Waals surface area contributed by atoms with Gasteiger partial charge in [-0.15, -0.1) is 0 Å². The minimum absolute atomic E-state index is 0.134. The topological polar surface area (TPSA) is 84.5 Å². The average molecular weight is 425 g/mol. The van der Waals surface area contributed by atoms with Crippen LogP contribution in [0, 0.1) is 6.92 Å². The fourth-order valence-corrected chi connectivity index (χ4v) is 4.02. The predicted molar refractivity (Wildman–Crippen MR) is 117 cm³/mol. The number of hydrogen-bond acceptors (Lipinski definition) is 4. The molecule has 0 spiro atoms. The van der Waals surface area contributed by atoms with Crippen LogP contribution in [0.1, 0.15) is 34.5 Å². The molecular formula is C23H24N2O4S. The van der Waals surface area contributed by atoms with Gasteiger partial charge in [-0.2, -0.15) is 0 Å². The summed E-state index contributed by atoms with van der Waals surface area (Å²) in [5.41, 5.74) is 2.33. The molecule has 1 amide bonds. The van der Waals surface area contributed by atoms with Crippen LogP contribution in [0.2, 0.25) is 0 Å². The lowest BCUT2D eigenvalue weighted by molar-refractivity contribution is 0.0941. The van der Waals surface area contributed by atoms with Crippen molar-refractivity contribution in [2.75, 3.05) is 11.8 Å². The summed E-state index contributed by atoms with van der Waals surface area (Å²) in [5, 5.41) is 2.91. The molecule has 0 heterocycles. The van der Waals surface area contributed by atoms with Gasteiger partial charge < -0.3 is 10.1 Å². The Morgan fingerprint density at radius 1 is 0.933 bits per heavy atom. The van der Waals surface area contributed by atoms with Crippen molar-refractivity contribution in [1.82, 2.24) is 5.32 Å². The summed E-state index contributed by atoms with van der Waals surface area (Å²) < 4.78 is 33.2. The van der Waals surface area contributed by atoms with Crippen LogP contribution in [-0.2, 0) is 10.0 Å². The lowest BCUT2D eigenvalue weighted by Gasteiger charge is -2.17. The van der Waals surface area contributed by atoms with E-state index in [9.17, 15) is 13.2 Å². The second-order valence-corrected chi connectivity index (χ2v) is 8.61. The summed E-state index contributed by atoms with van der Waals surface area (Å²) >= 11 is 0. The minimum Gasteiger partial charge on any atom is -0.497 e. The lowest BCUT2D eigenvalue weighted by atomic mass is 10.1. The van der Waals surface area contributed by atoms with Crippen LogP contribution in [0.25, 0.3) is 0 Å². The molecular weight excluding hydrogens is 400 g/mol. The van der Waals surface area contributed by atoms with Crippen LogP contribution in [0.5, 0.6) is 5.75 Å². The molecule has 0 saturated heterocycles. The third kappa shape index (κ3) is 4.99. The molecule has 3 aromatic rings. The van der Waals surface area contributed by atoms with Crippen molar-refractivity contribution in [2.24, 2.45) is 0 Å². The fourth-order valence-electron chi connectivity index (χ4n) is 2.94. The number of methoxy groups -OCH3 is 1. The molecule has 0 saturated carbocycles. The Hall–Kier alpha value is -3.32. The van der Waals surface area contributed by atoms with Crippen molar-refractivity contribution in [3.63, 3.8) is 0 Å². The highest BCUT2D eigenvalue weighted by molar-refractivity contribution is 7.92. The Morgan fingerprint density at radius 2 is 1.57 bits per heavy atom. The number of rotatable bonds is 7. The number of amides is 1. The Balaban J connectivity index is 1.80. The van der Waals surface area contributed by atoms with E-state index in [4.69, 9.17) is 4.74 Å². The van der Waals surface area contributed by atoms with Crippen LogP contribution >= 0.6 is 0 Å². The molecule has 0 aliphatic heterocycles. The first-order valence-corrected chi connectivity index (χ1v) is 10.9. The van der Waals surface area contributed by atoms with Crippen LogP contribution in [0.15, 0.2) is 77.7 Å². The molecule has 3 rings (SSSR count). The Bertz CT molecular complexity index is 1120. The number of carbonyl (C=O) groups is 1. The maximum Gasteiger partial charge on any atom is 0.261 e. The summed E-state index contributed by atoms with van der Waals surface area (Å²) in [4.78, 5) is 13.0. The summed E-state index contributed by atoms with van der Waals surface area (Å²) in [6.07, 6.45) is 0. The normalized spacial score (nSPS) is 12.1. The smallest absolute Gasteiger partial charge is 0.261 e. The molecule has 0 radical (unpaired) electrons. The van der Waals surface area contributed by atoms with Crippen molar-refractivity contribution in [3.05, 3.63) is 89.5 Å². The first kappa shape index (κ1) is 21.4. The number of anilines is 1. The number of nitrogens with one attached hydrogen (secondary N) is 2. The van der Waals surface area contributed by atoms with E-state index in [0.29, 0.717) is 0 Å². The summed E-state index contributed by atoms with van der Waals surface area (Å²) in [7, 11) is -2.23. The molecule has 1 atom stereocenters. The first-order chi connectivity index (χ1) is 14.3. The predicted octanol–water partition coefficient (Wildman–Crippen LogP) is 4.30. The third-order valence-electron chi connectivity index (χ3n) is 4.71. The Labute approximate surface area is 177 Å². The van der Waals surface area contributed by atoms with E-state index in [1.807, 2.05) is 38.1 Å². The van der Waals surface area contributed by atoms with Crippen molar-refractivity contribution >= 4 is 21.6 Å². The molecule has 0 fully saturated rings. The SMILES string of the molecule is COc1ccc([C@H](C)NC(=O)c2ccccc2NS(=O)(=O)c2ccc(C)cc2)cc1. The molecule has 0 bridgehead atoms. The molecule has 30 heavy (non-hydrogen) atoms. The number of ether oxygens (including phenoxy) is 1. The third-order valence-corrected chi connectivity index (χ3v) is 6.09. The zero-order valence-corrected chi connectivity index (χ0v) is 17.9. The van der Waals surface area contributed by atoms with Crippen molar-refractivity contribution in [2.45, 2.75) is 24.8 Å². The second kappa shape index (κ2) is 9.00. The Kier molecular flexibility index (Phi) is 6.42. The van der Waals surface area contributed by atoms with E-state index < -0.39 is 10.0 Å². The van der Waals surface area contributed by atoms with Crippen LogP contribution < -0.4 is 14.8 Å². The molecule has 0 aliphatic rings. The van der Waals surface area contributed by atoms with Crippen LogP contribution in [-0.4, -0.2) is 21.4 Å². The molecule has 3 aromatic carbocycles. The van der Waals surface area contributed by atoms with Gasteiger partial charge in [0, 0.05) is 0 Å². The highest BCUT2D eigenvalue weighted by atomic mass is 32.2. The Morgan fingerprint density at radius 3 is 2.20 bits per heavy atom. The zero-order chi connectivity index (χ0) is 21.7. The van der Waals surface area contributed by atoms with Gasteiger partial charge >= 0.3 is 0 Å². The van der Waals surface area contributed by atoms with E-state index in [1.165, 1.54) is 12.1 Å². The maximum absolute atomic E-state index is 12.9. The molecule has 6 nitrogen and oxygen atoms in total. The molecule has 156 valence electrons. The number of benzene rings is 3. The van der Waals surface area contributed by atoms with Crippen molar-refractivity contribution in [3.8, 4) is 5.75 Å². The number of hydrogen-bond donors (Lipinski definition) is 2. The van der Waals surface area contributed by atoms with Gasteiger partial charge in [0.1, 0.15) is 5.75 Å². The van der Waals surface area contributed by atoms with Gasteiger partial charge in [-0.05, 0) is 55.8 Å². The van der Waals surface area contributed by atoms with Crippen LogP contribution in [0.4, 0.5) is 5.69 Å². The quantitative estimate of drug-likeness (QED) is 0.592. The van der Waals surface area contributed by atoms with Gasteiger partial charge in [-0.1, -0.05) is 42.0 Å². The van der Waals surface area contributed by atoms with Gasteiger partial charge in [-0.3, -0.25) is 9.52 Å².